The minimum absolute atomic E-state index is 0. The van der Waals surface area contributed by atoms with Gasteiger partial charge < -0.3 is 15.3 Å². The fraction of sp³-hybridized carbons (Fsp3) is 1.00. The molecule has 4 heteroatoms. The summed E-state index contributed by atoms with van der Waals surface area (Å²) in [5.41, 5.74) is 0.292. The predicted octanol–water partition coefficient (Wildman–Crippen LogP) is 3.07. The second-order valence-corrected chi connectivity index (χ2v) is 8.16. The first-order valence-electron chi connectivity index (χ1n) is 6.51. The van der Waals surface area contributed by atoms with Gasteiger partial charge in [-0.05, 0) is 16.2 Å². The molecular weight excluding hydrogens is 317 g/mol. The predicted molar refractivity (Wildman–Crippen MR) is 79.6 cm³/mol. The topological polar surface area (TPSA) is 60.7 Å². The summed E-state index contributed by atoms with van der Waals surface area (Å²) in [6.45, 7) is 18.8. The van der Waals surface area contributed by atoms with Crippen LogP contribution < -0.4 is 0 Å². The molecule has 0 aliphatic heterocycles. The molecule has 0 aromatic heterocycles. The third kappa shape index (κ3) is 54.9. The average Bonchev–Trinajstić information content (AvgIpc) is 2.16. The van der Waals surface area contributed by atoms with E-state index in [9.17, 15) is 0 Å². The van der Waals surface area contributed by atoms with E-state index in [-0.39, 0.29) is 68.8 Å². The minimum atomic E-state index is 0. The quantitative estimate of drug-likeness (QED) is 0.627. The van der Waals surface area contributed by atoms with Gasteiger partial charge in [0, 0.05) is 52.5 Å². The van der Waals surface area contributed by atoms with Crippen molar-refractivity contribution in [1.29, 1.82) is 0 Å². The van der Waals surface area contributed by atoms with E-state index in [0.29, 0.717) is 0 Å². The van der Waals surface area contributed by atoms with E-state index in [0.717, 1.165) is 0 Å². The van der Waals surface area contributed by atoms with Crippen LogP contribution in [0.1, 0.15) is 62.3 Å². The Bertz CT molecular complexity index is 140. The fourth-order valence-corrected chi connectivity index (χ4v) is 0. The largest absolute Gasteiger partial charge is 0.396 e. The van der Waals surface area contributed by atoms with Gasteiger partial charge in [-0.25, -0.2) is 0 Å². The average molecular weight is 353 g/mol. The molecule has 117 valence electrons. The Hall–Kier alpha value is 0.984. The molecule has 0 bridgehead atoms. The molecular formula is C15H36O3Y. The summed E-state index contributed by atoms with van der Waals surface area (Å²) in [4.78, 5) is 0. The van der Waals surface area contributed by atoms with Crippen molar-refractivity contribution in [3.8, 4) is 0 Å². The SMILES string of the molecule is CC(C)(C)CO.CC(C)(C)CO.CC(C)(C)CO.[Y]. The second-order valence-electron chi connectivity index (χ2n) is 8.16. The van der Waals surface area contributed by atoms with Gasteiger partial charge >= 0.3 is 0 Å². The Morgan fingerprint density at radius 3 is 0.526 bits per heavy atom. The van der Waals surface area contributed by atoms with Crippen LogP contribution in [0.2, 0.25) is 0 Å². The summed E-state index contributed by atoms with van der Waals surface area (Å²) in [7, 11) is 0. The number of hydrogen-bond acceptors (Lipinski definition) is 3. The van der Waals surface area contributed by atoms with Crippen molar-refractivity contribution in [2.24, 2.45) is 16.2 Å². The van der Waals surface area contributed by atoms with E-state index < -0.39 is 0 Å². The van der Waals surface area contributed by atoms with Crippen molar-refractivity contribution in [2.45, 2.75) is 62.3 Å². The van der Waals surface area contributed by atoms with E-state index in [4.69, 9.17) is 15.3 Å². The van der Waals surface area contributed by atoms with Gasteiger partial charge in [-0.3, -0.25) is 0 Å². The van der Waals surface area contributed by atoms with Crippen molar-refractivity contribution in [3.05, 3.63) is 0 Å². The Morgan fingerprint density at radius 2 is 0.526 bits per heavy atom. The van der Waals surface area contributed by atoms with Gasteiger partial charge in [0.05, 0.1) is 0 Å². The summed E-state index contributed by atoms with van der Waals surface area (Å²) in [5, 5.41) is 25.2. The molecule has 3 N–H and O–H groups in total. The van der Waals surface area contributed by atoms with Gasteiger partial charge in [0.15, 0.2) is 0 Å². The molecule has 0 amide bonds. The van der Waals surface area contributed by atoms with Crippen LogP contribution >= 0.6 is 0 Å². The van der Waals surface area contributed by atoms with Crippen molar-refractivity contribution >= 4 is 0 Å². The van der Waals surface area contributed by atoms with E-state index >= 15 is 0 Å². The molecule has 0 saturated carbocycles. The number of rotatable bonds is 0. The normalized spacial score (nSPS) is 11.4. The maximum Gasteiger partial charge on any atom is 0.0479 e. The van der Waals surface area contributed by atoms with Crippen LogP contribution in [0.3, 0.4) is 0 Å². The molecule has 1 radical (unpaired) electrons. The van der Waals surface area contributed by atoms with Crippen LogP contribution in [0.5, 0.6) is 0 Å². The van der Waals surface area contributed by atoms with Crippen molar-refractivity contribution in [3.63, 3.8) is 0 Å². The summed E-state index contributed by atoms with van der Waals surface area (Å²) in [6, 6.07) is 0. The van der Waals surface area contributed by atoms with Gasteiger partial charge in [-0.1, -0.05) is 62.3 Å². The van der Waals surface area contributed by atoms with Gasteiger partial charge in [0.25, 0.3) is 0 Å². The van der Waals surface area contributed by atoms with Crippen LogP contribution in [-0.4, -0.2) is 35.1 Å². The summed E-state index contributed by atoms with van der Waals surface area (Å²) < 4.78 is 0. The van der Waals surface area contributed by atoms with Gasteiger partial charge in [-0.2, -0.15) is 0 Å². The molecule has 0 heterocycles. The van der Waals surface area contributed by atoms with E-state index in [1.807, 2.05) is 62.3 Å². The van der Waals surface area contributed by atoms with Gasteiger partial charge in [0.2, 0.25) is 0 Å². The van der Waals surface area contributed by atoms with Crippen LogP contribution in [0.25, 0.3) is 0 Å². The molecule has 0 fully saturated rings. The van der Waals surface area contributed by atoms with Gasteiger partial charge in [-0.15, -0.1) is 0 Å². The van der Waals surface area contributed by atoms with Crippen LogP contribution in [0.4, 0.5) is 0 Å². The van der Waals surface area contributed by atoms with Crippen LogP contribution in [0.15, 0.2) is 0 Å². The Kier molecular flexibility index (Phi) is 18.8. The molecule has 0 aromatic carbocycles. The molecule has 0 saturated heterocycles. The van der Waals surface area contributed by atoms with E-state index in [2.05, 4.69) is 0 Å². The summed E-state index contributed by atoms with van der Waals surface area (Å²) in [5.74, 6) is 0. The zero-order chi connectivity index (χ0) is 15.6. The molecule has 0 atom stereocenters. The zero-order valence-electron chi connectivity index (χ0n) is 14.5. The molecule has 0 unspecified atom stereocenters. The maximum atomic E-state index is 8.40. The number of hydrogen-bond donors (Lipinski definition) is 3. The molecule has 0 aromatic rings. The van der Waals surface area contributed by atoms with E-state index in [1.165, 1.54) is 0 Å². The maximum absolute atomic E-state index is 8.40. The minimum Gasteiger partial charge on any atom is -0.396 e. The third-order valence-electron chi connectivity index (χ3n) is 1.42. The standard InChI is InChI=1S/3C5H12O.Y/c3*1-5(2,3)4-6;/h3*6H,4H2,1-3H3;. The van der Waals surface area contributed by atoms with Crippen LogP contribution in [-0.2, 0) is 32.7 Å². The zero-order valence-corrected chi connectivity index (χ0v) is 17.4. The molecule has 19 heavy (non-hydrogen) atoms. The van der Waals surface area contributed by atoms with E-state index in [1.54, 1.807) is 0 Å². The van der Waals surface area contributed by atoms with Crippen molar-refractivity contribution < 1.29 is 48.0 Å². The monoisotopic (exact) mass is 353 g/mol. The van der Waals surface area contributed by atoms with Crippen LogP contribution in [0, 0.1) is 16.2 Å². The Balaban J connectivity index is -0.0000000865. The first-order chi connectivity index (χ1) is 7.68. The Morgan fingerprint density at radius 1 is 0.474 bits per heavy atom. The third-order valence-corrected chi connectivity index (χ3v) is 1.42. The number of aliphatic hydroxyl groups is 3. The first kappa shape index (κ1) is 28.2. The van der Waals surface area contributed by atoms with Crippen molar-refractivity contribution in [1.82, 2.24) is 0 Å². The molecule has 0 spiro atoms. The smallest absolute Gasteiger partial charge is 0.0479 e. The summed E-state index contributed by atoms with van der Waals surface area (Å²) >= 11 is 0. The molecule has 0 aliphatic rings. The molecule has 0 rings (SSSR count). The first-order valence-corrected chi connectivity index (χ1v) is 6.51. The Labute approximate surface area is 146 Å². The van der Waals surface area contributed by atoms with Gasteiger partial charge in [0.1, 0.15) is 0 Å². The summed E-state index contributed by atoms with van der Waals surface area (Å²) in [6.07, 6.45) is 0. The fourth-order valence-electron chi connectivity index (χ4n) is 0. The molecule has 3 nitrogen and oxygen atoms in total. The van der Waals surface area contributed by atoms with Crippen molar-refractivity contribution in [2.75, 3.05) is 19.8 Å². The number of aliphatic hydroxyl groups excluding tert-OH is 3. The second kappa shape index (κ2) is 12.7. The molecule has 0 aliphatic carbocycles.